The van der Waals surface area contributed by atoms with Crippen molar-refractivity contribution < 1.29 is 19.8 Å². The molecule has 2 atom stereocenters. The molecule has 0 aromatic heterocycles. The Morgan fingerprint density at radius 3 is 2.11 bits per heavy atom. The number of rotatable bonds is 7. The molecule has 0 spiro atoms. The number of hydrogen-bond donors (Lipinski definition) is 2. The number of carboxylic acids is 2. The van der Waals surface area contributed by atoms with Crippen molar-refractivity contribution in [3.8, 4) is 0 Å². The first kappa shape index (κ1) is 15.6. The van der Waals surface area contributed by atoms with Crippen molar-refractivity contribution in [1.29, 1.82) is 0 Å². The fourth-order valence-corrected chi connectivity index (χ4v) is 2.91. The predicted octanol–water partition coefficient (Wildman–Crippen LogP) is 2.98. The molecule has 1 rings (SSSR count). The van der Waals surface area contributed by atoms with Crippen LogP contribution in [-0.2, 0) is 9.59 Å². The summed E-state index contributed by atoms with van der Waals surface area (Å²) in [5.41, 5.74) is 0. The van der Waals surface area contributed by atoms with Crippen molar-refractivity contribution in [1.82, 2.24) is 0 Å². The second-order valence-electron chi connectivity index (χ2n) is 4.76. The number of carboxylic acid groups (broad SMARTS) is 2. The van der Waals surface area contributed by atoms with Crippen LogP contribution in [0.5, 0.6) is 0 Å². The van der Waals surface area contributed by atoms with Gasteiger partial charge in [-0.05, 0) is 24.5 Å². The molecule has 0 aliphatic heterocycles. The molecular formula is C14H18O4S. The maximum atomic E-state index is 11.3. The molecule has 2 N–H and O–H groups in total. The van der Waals surface area contributed by atoms with Crippen molar-refractivity contribution in [2.75, 3.05) is 0 Å². The van der Waals surface area contributed by atoms with E-state index >= 15 is 0 Å². The summed E-state index contributed by atoms with van der Waals surface area (Å²) < 4.78 is 0. The summed E-state index contributed by atoms with van der Waals surface area (Å²) in [5, 5.41) is 17.6. The van der Waals surface area contributed by atoms with Crippen LogP contribution in [0, 0.1) is 11.8 Å². The van der Waals surface area contributed by atoms with Gasteiger partial charge in [0.15, 0.2) is 0 Å². The zero-order valence-electron chi connectivity index (χ0n) is 10.9. The molecule has 0 fully saturated rings. The first-order valence-corrected chi connectivity index (χ1v) is 6.97. The maximum Gasteiger partial charge on any atom is 0.317 e. The van der Waals surface area contributed by atoms with Crippen LogP contribution in [0.15, 0.2) is 35.2 Å². The largest absolute Gasteiger partial charge is 0.481 e. The molecule has 104 valence electrons. The summed E-state index contributed by atoms with van der Waals surface area (Å²) in [7, 11) is 0. The number of aliphatic carboxylic acids is 2. The molecule has 0 radical (unpaired) electrons. The van der Waals surface area contributed by atoms with Crippen molar-refractivity contribution in [2.45, 2.75) is 30.4 Å². The minimum absolute atomic E-state index is 0.138. The second-order valence-corrected chi connectivity index (χ2v) is 5.98. The van der Waals surface area contributed by atoms with Crippen LogP contribution >= 0.6 is 11.8 Å². The fraction of sp³-hybridized carbons (Fsp3) is 0.429. The molecular weight excluding hydrogens is 264 g/mol. The smallest absolute Gasteiger partial charge is 0.317 e. The normalized spacial score (nSPS) is 14.1. The van der Waals surface area contributed by atoms with E-state index in [4.69, 9.17) is 0 Å². The van der Waals surface area contributed by atoms with E-state index in [9.17, 15) is 19.8 Å². The third-order valence-corrected chi connectivity index (χ3v) is 3.99. The van der Waals surface area contributed by atoms with Crippen molar-refractivity contribution in [3.05, 3.63) is 30.3 Å². The lowest BCUT2D eigenvalue weighted by molar-refractivity contribution is -0.148. The Hall–Kier alpha value is -1.49. The zero-order chi connectivity index (χ0) is 14.4. The van der Waals surface area contributed by atoms with Crippen LogP contribution in [0.25, 0.3) is 0 Å². The minimum Gasteiger partial charge on any atom is -0.481 e. The number of hydrogen-bond acceptors (Lipinski definition) is 3. The van der Waals surface area contributed by atoms with E-state index in [0.29, 0.717) is 6.42 Å². The van der Waals surface area contributed by atoms with E-state index in [1.807, 2.05) is 19.9 Å². The van der Waals surface area contributed by atoms with Gasteiger partial charge in [0.05, 0.1) is 5.92 Å². The van der Waals surface area contributed by atoms with Crippen LogP contribution in [-0.4, -0.2) is 27.4 Å². The highest BCUT2D eigenvalue weighted by molar-refractivity contribution is 8.00. The SMILES string of the molecule is CC(C)CC(C(=O)O)[C@H](Sc1ccccc1)C(=O)O. The van der Waals surface area contributed by atoms with Gasteiger partial charge in [0.25, 0.3) is 0 Å². The van der Waals surface area contributed by atoms with Gasteiger partial charge in [0.1, 0.15) is 5.25 Å². The Labute approximate surface area is 116 Å². The highest BCUT2D eigenvalue weighted by Crippen LogP contribution is 2.31. The van der Waals surface area contributed by atoms with Crippen molar-refractivity contribution >= 4 is 23.7 Å². The molecule has 1 aromatic carbocycles. The van der Waals surface area contributed by atoms with Crippen molar-refractivity contribution in [3.63, 3.8) is 0 Å². The maximum absolute atomic E-state index is 11.3. The zero-order valence-corrected chi connectivity index (χ0v) is 11.8. The van der Waals surface area contributed by atoms with Crippen LogP contribution in [0.4, 0.5) is 0 Å². The first-order valence-electron chi connectivity index (χ1n) is 6.09. The predicted molar refractivity (Wildman–Crippen MR) is 74.3 cm³/mol. The topological polar surface area (TPSA) is 74.6 Å². The van der Waals surface area contributed by atoms with Gasteiger partial charge in [-0.1, -0.05) is 32.0 Å². The van der Waals surface area contributed by atoms with Gasteiger partial charge in [-0.2, -0.15) is 0 Å². The molecule has 0 amide bonds. The molecule has 4 nitrogen and oxygen atoms in total. The quantitative estimate of drug-likeness (QED) is 0.752. The van der Waals surface area contributed by atoms with E-state index in [0.717, 1.165) is 16.7 Å². The molecule has 0 aliphatic rings. The monoisotopic (exact) mass is 282 g/mol. The fourth-order valence-electron chi connectivity index (χ4n) is 1.81. The molecule has 0 bridgehead atoms. The van der Waals surface area contributed by atoms with Gasteiger partial charge in [0.2, 0.25) is 0 Å². The van der Waals surface area contributed by atoms with Gasteiger partial charge < -0.3 is 10.2 Å². The minimum atomic E-state index is -1.08. The van der Waals surface area contributed by atoms with Gasteiger partial charge >= 0.3 is 11.9 Å². The van der Waals surface area contributed by atoms with E-state index in [1.165, 1.54) is 0 Å². The summed E-state index contributed by atoms with van der Waals surface area (Å²) in [5.74, 6) is -2.88. The van der Waals surface area contributed by atoms with E-state index in [2.05, 4.69) is 0 Å². The van der Waals surface area contributed by atoms with Gasteiger partial charge in [-0.25, -0.2) is 0 Å². The molecule has 0 aliphatic carbocycles. The summed E-state index contributed by atoms with van der Waals surface area (Å²) in [6, 6.07) is 9.02. The Morgan fingerprint density at radius 1 is 1.11 bits per heavy atom. The van der Waals surface area contributed by atoms with Gasteiger partial charge in [-0.3, -0.25) is 9.59 Å². The number of thioether (sulfide) groups is 1. The lowest BCUT2D eigenvalue weighted by Crippen LogP contribution is -2.33. The van der Waals surface area contributed by atoms with Gasteiger partial charge in [-0.15, -0.1) is 11.8 Å². The molecule has 0 heterocycles. The van der Waals surface area contributed by atoms with Crippen molar-refractivity contribution in [2.24, 2.45) is 11.8 Å². The molecule has 0 saturated heterocycles. The molecule has 0 saturated carbocycles. The van der Waals surface area contributed by atoms with Crippen LogP contribution in [0.2, 0.25) is 0 Å². The number of benzene rings is 1. The number of carbonyl (C=O) groups is 2. The highest BCUT2D eigenvalue weighted by Gasteiger charge is 2.35. The first-order chi connectivity index (χ1) is 8.91. The Kier molecular flexibility index (Phi) is 5.89. The molecule has 1 unspecified atom stereocenters. The Morgan fingerprint density at radius 2 is 1.68 bits per heavy atom. The Bertz CT molecular complexity index is 430. The van der Waals surface area contributed by atoms with Gasteiger partial charge in [0, 0.05) is 4.90 Å². The van der Waals surface area contributed by atoms with Crippen LogP contribution < -0.4 is 0 Å². The third kappa shape index (κ3) is 4.95. The molecule has 1 aromatic rings. The summed E-state index contributed by atoms with van der Waals surface area (Å²) in [4.78, 5) is 23.4. The summed E-state index contributed by atoms with van der Waals surface area (Å²) in [6.07, 6.45) is 0.353. The third-order valence-electron chi connectivity index (χ3n) is 2.66. The average Bonchev–Trinajstić information content (AvgIpc) is 2.34. The highest BCUT2D eigenvalue weighted by atomic mass is 32.2. The Balaban J connectivity index is 2.91. The van der Waals surface area contributed by atoms with E-state index in [-0.39, 0.29) is 5.92 Å². The summed E-state index contributed by atoms with van der Waals surface area (Å²) >= 11 is 1.09. The van der Waals surface area contributed by atoms with Crippen LogP contribution in [0.3, 0.4) is 0 Å². The molecule has 5 heteroatoms. The van der Waals surface area contributed by atoms with Crippen LogP contribution in [0.1, 0.15) is 20.3 Å². The van der Waals surface area contributed by atoms with E-state index in [1.54, 1.807) is 24.3 Å². The second kappa shape index (κ2) is 7.19. The lowest BCUT2D eigenvalue weighted by atomic mass is 9.94. The lowest BCUT2D eigenvalue weighted by Gasteiger charge is -2.21. The van der Waals surface area contributed by atoms with E-state index < -0.39 is 23.1 Å². The summed E-state index contributed by atoms with van der Waals surface area (Å²) in [6.45, 7) is 3.78. The standard InChI is InChI=1S/C14H18O4S/c1-9(2)8-11(13(15)16)12(14(17)18)19-10-6-4-3-5-7-10/h3-7,9,11-12H,8H2,1-2H3,(H,15,16)(H,17,18)/t11?,12-/m0/s1. The average molecular weight is 282 g/mol. The molecule has 19 heavy (non-hydrogen) atoms.